The van der Waals surface area contributed by atoms with Crippen LogP contribution in [0.3, 0.4) is 0 Å². The molecule has 1 aromatic rings. The molecular weight excluding hydrogens is 214 g/mol. The van der Waals surface area contributed by atoms with Crippen LogP contribution >= 0.6 is 11.6 Å². The standard InChI is InChI=1S/C8H3ClF2N2O/c9-7-5(3-14)13-2-4(1-12)6(7)8(10)11/h2-3,8H. The first kappa shape index (κ1) is 10.5. The zero-order valence-electron chi connectivity index (χ0n) is 6.67. The van der Waals surface area contributed by atoms with Gasteiger partial charge < -0.3 is 0 Å². The number of hydrogen-bond donors (Lipinski definition) is 0. The molecule has 0 saturated heterocycles. The maximum Gasteiger partial charge on any atom is 0.266 e. The number of pyridine rings is 1. The Kier molecular flexibility index (Phi) is 3.10. The molecule has 0 spiro atoms. The molecule has 0 radical (unpaired) electrons. The van der Waals surface area contributed by atoms with Gasteiger partial charge in [0.1, 0.15) is 11.8 Å². The van der Waals surface area contributed by atoms with Crippen molar-refractivity contribution in [2.75, 3.05) is 0 Å². The zero-order valence-corrected chi connectivity index (χ0v) is 7.42. The van der Waals surface area contributed by atoms with Crippen molar-refractivity contribution in [2.24, 2.45) is 0 Å². The first-order chi connectivity index (χ1) is 6.61. The fourth-order valence-electron chi connectivity index (χ4n) is 0.901. The van der Waals surface area contributed by atoms with Crippen LogP contribution in [0, 0.1) is 11.3 Å². The van der Waals surface area contributed by atoms with Crippen LogP contribution in [0.25, 0.3) is 0 Å². The van der Waals surface area contributed by atoms with E-state index < -0.39 is 17.0 Å². The van der Waals surface area contributed by atoms with Crippen LogP contribution in [-0.4, -0.2) is 11.3 Å². The quantitative estimate of drug-likeness (QED) is 0.713. The molecule has 0 aliphatic rings. The predicted molar refractivity (Wildman–Crippen MR) is 44.3 cm³/mol. The summed E-state index contributed by atoms with van der Waals surface area (Å²) in [5, 5.41) is 8.02. The van der Waals surface area contributed by atoms with E-state index in [0.717, 1.165) is 6.20 Å². The second-order valence-electron chi connectivity index (χ2n) is 2.32. The van der Waals surface area contributed by atoms with Gasteiger partial charge in [-0.25, -0.2) is 8.78 Å². The number of nitriles is 1. The Bertz CT molecular complexity index is 415. The average molecular weight is 217 g/mol. The molecule has 72 valence electrons. The number of carbonyl (C=O) groups is 1. The van der Waals surface area contributed by atoms with Gasteiger partial charge in [0.25, 0.3) is 6.43 Å². The highest BCUT2D eigenvalue weighted by molar-refractivity contribution is 6.33. The van der Waals surface area contributed by atoms with Crippen molar-refractivity contribution in [3.05, 3.63) is 28.0 Å². The minimum atomic E-state index is -2.90. The van der Waals surface area contributed by atoms with Crippen LogP contribution < -0.4 is 0 Å². The number of aldehydes is 1. The van der Waals surface area contributed by atoms with Crippen molar-refractivity contribution in [3.63, 3.8) is 0 Å². The predicted octanol–water partition coefficient (Wildman–Crippen LogP) is 2.36. The Labute approximate surface area is 82.9 Å². The van der Waals surface area contributed by atoms with Gasteiger partial charge in [-0.05, 0) is 0 Å². The van der Waals surface area contributed by atoms with Gasteiger partial charge in [0.05, 0.1) is 16.1 Å². The van der Waals surface area contributed by atoms with Crippen molar-refractivity contribution in [1.29, 1.82) is 5.26 Å². The molecule has 3 nitrogen and oxygen atoms in total. The molecule has 0 unspecified atom stereocenters. The molecule has 0 amide bonds. The summed E-state index contributed by atoms with van der Waals surface area (Å²) in [6.07, 6.45) is -1.74. The fourth-order valence-corrected chi connectivity index (χ4v) is 1.18. The Hall–Kier alpha value is -1.54. The Morgan fingerprint density at radius 1 is 1.64 bits per heavy atom. The van der Waals surface area contributed by atoms with Crippen LogP contribution in [0.5, 0.6) is 0 Å². The summed E-state index contributed by atoms with van der Waals surface area (Å²) in [5.41, 5.74) is -1.26. The minimum Gasteiger partial charge on any atom is -0.296 e. The number of carbonyl (C=O) groups excluding carboxylic acids is 1. The molecule has 0 fully saturated rings. The number of alkyl halides is 2. The minimum absolute atomic E-state index is 0.259. The van der Waals surface area contributed by atoms with E-state index in [0.29, 0.717) is 0 Å². The molecule has 1 heterocycles. The van der Waals surface area contributed by atoms with E-state index in [1.54, 1.807) is 0 Å². The highest BCUT2D eigenvalue weighted by atomic mass is 35.5. The van der Waals surface area contributed by atoms with Crippen molar-refractivity contribution in [2.45, 2.75) is 6.43 Å². The highest BCUT2D eigenvalue weighted by Crippen LogP contribution is 2.30. The molecule has 1 aromatic heterocycles. The first-order valence-electron chi connectivity index (χ1n) is 3.43. The van der Waals surface area contributed by atoms with Gasteiger partial charge >= 0.3 is 0 Å². The van der Waals surface area contributed by atoms with Crippen molar-refractivity contribution < 1.29 is 13.6 Å². The number of rotatable bonds is 2. The second-order valence-corrected chi connectivity index (χ2v) is 2.69. The Balaban J connectivity index is 3.48. The maximum atomic E-state index is 12.4. The largest absolute Gasteiger partial charge is 0.296 e. The van der Waals surface area contributed by atoms with Crippen LogP contribution in [0.2, 0.25) is 5.02 Å². The van der Waals surface area contributed by atoms with Crippen LogP contribution in [0.4, 0.5) is 8.78 Å². The molecule has 0 atom stereocenters. The van der Waals surface area contributed by atoms with Gasteiger partial charge in [-0.2, -0.15) is 5.26 Å². The lowest BCUT2D eigenvalue weighted by molar-refractivity contribution is 0.111. The summed E-state index contributed by atoms with van der Waals surface area (Å²) in [7, 11) is 0. The normalized spacial score (nSPS) is 9.93. The monoisotopic (exact) mass is 216 g/mol. The summed E-state index contributed by atoms with van der Waals surface area (Å²) in [6.45, 7) is 0. The molecule has 0 N–H and O–H groups in total. The van der Waals surface area contributed by atoms with Crippen molar-refractivity contribution >= 4 is 17.9 Å². The van der Waals surface area contributed by atoms with Gasteiger partial charge in [0.2, 0.25) is 0 Å². The van der Waals surface area contributed by atoms with E-state index in [2.05, 4.69) is 4.98 Å². The molecule has 6 heteroatoms. The molecule has 0 aliphatic heterocycles. The SMILES string of the molecule is N#Cc1cnc(C=O)c(Cl)c1C(F)F. The third kappa shape index (κ3) is 1.70. The van der Waals surface area contributed by atoms with Gasteiger partial charge in [-0.3, -0.25) is 9.78 Å². The smallest absolute Gasteiger partial charge is 0.266 e. The molecule has 14 heavy (non-hydrogen) atoms. The number of aromatic nitrogens is 1. The van der Waals surface area contributed by atoms with E-state index in [9.17, 15) is 13.6 Å². The lowest BCUT2D eigenvalue weighted by atomic mass is 10.1. The van der Waals surface area contributed by atoms with Gasteiger partial charge in [-0.15, -0.1) is 0 Å². The van der Waals surface area contributed by atoms with E-state index in [-0.39, 0.29) is 17.5 Å². The summed E-state index contributed by atoms with van der Waals surface area (Å²) >= 11 is 5.46. The van der Waals surface area contributed by atoms with Crippen LogP contribution in [0.1, 0.15) is 28.0 Å². The molecule has 0 saturated carbocycles. The third-order valence-corrected chi connectivity index (χ3v) is 1.93. The fraction of sp³-hybridized carbons (Fsp3) is 0.125. The summed E-state index contributed by atoms with van der Waals surface area (Å²) in [6, 6.07) is 1.53. The van der Waals surface area contributed by atoms with Crippen LogP contribution in [0.15, 0.2) is 6.20 Å². The van der Waals surface area contributed by atoms with Crippen molar-refractivity contribution in [3.8, 4) is 6.07 Å². The van der Waals surface area contributed by atoms with Gasteiger partial charge in [0.15, 0.2) is 6.29 Å². The van der Waals surface area contributed by atoms with E-state index in [1.807, 2.05) is 0 Å². The molecule has 1 rings (SSSR count). The molecule has 0 bridgehead atoms. The second kappa shape index (κ2) is 4.11. The maximum absolute atomic E-state index is 12.4. The summed E-state index contributed by atoms with van der Waals surface area (Å²) in [4.78, 5) is 13.8. The summed E-state index contributed by atoms with van der Waals surface area (Å²) in [5.74, 6) is 0. The Morgan fingerprint density at radius 3 is 2.71 bits per heavy atom. The van der Waals surface area contributed by atoms with Crippen LogP contribution in [-0.2, 0) is 0 Å². The number of halogens is 3. The topological polar surface area (TPSA) is 53.8 Å². The van der Waals surface area contributed by atoms with E-state index >= 15 is 0 Å². The lowest BCUT2D eigenvalue weighted by Gasteiger charge is -2.05. The van der Waals surface area contributed by atoms with E-state index in [4.69, 9.17) is 16.9 Å². The molecule has 0 aromatic carbocycles. The van der Waals surface area contributed by atoms with E-state index in [1.165, 1.54) is 6.07 Å². The number of nitrogens with zero attached hydrogens (tertiary/aromatic N) is 2. The van der Waals surface area contributed by atoms with Crippen molar-refractivity contribution in [1.82, 2.24) is 4.98 Å². The van der Waals surface area contributed by atoms with Gasteiger partial charge in [-0.1, -0.05) is 11.6 Å². The highest BCUT2D eigenvalue weighted by Gasteiger charge is 2.20. The average Bonchev–Trinajstić information content (AvgIpc) is 2.16. The Morgan fingerprint density at radius 2 is 2.29 bits per heavy atom. The molecule has 0 aliphatic carbocycles. The lowest BCUT2D eigenvalue weighted by Crippen LogP contribution is -1.99. The van der Waals surface area contributed by atoms with Gasteiger partial charge in [0, 0.05) is 6.20 Å². The number of hydrogen-bond acceptors (Lipinski definition) is 3. The zero-order chi connectivity index (χ0) is 10.7. The third-order valence-electron chi connectivity index (χ3n) is 1.53. The molecular formula is C8H3ClF2N2O. The first-order valence-corrected chi connectivity index (χ1v) is 3.81. The summed E-state index contributed by atoms with van der Waals surface area (Å²) < 4.78 is 24.8.